The van der Waals surface area contributed by atoms with Crippen molar-refractivity contribution >= 4 is 0 Å². The van der Waals surface area contributed by atoms with Crippen LogP contribution in [-0.4, -0.2) is 23.9 Å². The van der Waals surface area contributed by atoms with Crippen LogP contribution in [0.3, 0.4) is 0 Å². The van der Waals surface area contributed by atoms with Gasteiger partial charge in [0, 0.05) is 31.5 Å². The van der Waals surface area contributed by atoms with Crippen molar-refractivity contribution in [2.75, 3.05) is 13.1 Å². The summed E-state index contributed by atoms with van der Waals surface area (Å²) in [7, 11) is 0. The Kier molecular flexibility index (Phi) is 3.48. The Labute approximate surface area is 101 Å². The van der Waals surface area contributed by atoms with Gasteiger partial charge in [-0.25, -0.2) is 8.78 Å². The maximum absolute atomic E-state index is 13.7. The van der Waals surface area contributed by atoms with Crippen molar-refractivity contribution < 1.29 is 8.78 Å². The van der Waals surface area contributed by atoms with Crippen LogP contribution in [0.4, 0.5) is 8.78 Å². The first-order valence-electron chi connectivity index (χ1n) is 6.14. The van der Waals surface area contributed by atoms with E-state index in [4.69, 9.17) is 0 Å². The zero-order valence-corrected chi connectivity index (χ0v) is 10.4. The van der Waals surface area contributed by atoms with Crippen molar-refractivity contribution in [2.24, 2.45) is 11.8 Å². The van der Waals surface area contributed by atoms with Gasteiger partial charge in [0.15, 0.2) is 0 Å². The van der Waals surface area contributed by atoms with Crippen LogP contribution < -0.4 is 0 Å². The Morgan fingerprint density at radius 1 is 1.12 bits per heavy atom. The first-order chi connectivity index (χ1) is 8.00. The van der Waals surface area contributed by atoms with Gasteiger partial charge in [0.2, 0.25) is 0 Å². The van der Waals surface area contributed by atoms with Crippen molar-refractivity contribution in [1.29, 1.82) is 0 Å². The summed E-state index contributed by atoms with van der Waals surface area (Å²) < 4.78 is 27.4. The number of hydrogen-bond acceptors (Lipinski definition) is 1. The van der Waals surface area contributed by atoms with E-state index < -0.39 is 17.8 Å². The molecule has 1 heterocycles. The average Bonchev–Trinajstić information content (AvgIpc) is 2.28. The SMILES string of the molecule is CC1CN(Cc2ccccc2)CC(C)C1(F)F. The quantitative estimate of drug-likeness (QED) is 0.764. The monoisotopic (exact) mass is 239 g/mol. The van der Waals surface area contributed by atoms with Crippen molar-refractivity contribution in [3.63, 3.8) is 0 Å². The minimum atomic E-state index is -2.52. The van der Waals surface area contributed by atoms with Crippen molar-refractivity contribution in [1.82, 2.24) is 4.90 Å². The first kappa shape index (κ1) is 12.5. The van der Waals surface area contributed by atoms with Crippen LogP contribution in [0.25, 0.3) is 0 Å². The summed E-state index contributed by atoms with van der Waals surface area (Å²) in [5.74, 6) is -3.64. The smallest absolute Gasteiger partial charge is 0.255 e. The molecule has 0 amide bonds. The lowest BCUT2D eigenvalue weighted by molar-refractivity contribution is -0.140. The van der Waals surface area contributed by atoms with Gasteiger partial charge in [0.05, 0.1) is 0 Å². The Hall–Kier alpha value is -0.960. The number of piperidine rings is 1. The molecule has 0 aromatic heterocycles. The number of hydrogen-bond donors (Lipinski definition) is 0. The first-order valence-corrected chi connectivity index (χ1v) is 6.14. The molecule has 1 aromatic carbocycles. The summed E-state index contributed by atoms with van der Waals surface area (Å²) in [6.45, 7) is 5.02. The van der Waals surface area contributed by atoms with Gasteiger partial charge in [-0.3, -0.25) is 4.90 Å². The average molecular weight is 239 g/mol. The second kappa shape index (κ2) is 4.73. The largest absolute Gasteiger partial charge is 0.298 e. The zero-order chi connectivity index (χ0) is 12.5. The van der Waals surface area contributed by atoms with Crippen LogP contribution in [0.2, 0.25) is 0 Å². The van der Waals surface area contributed by atoms with Crippen LogP contribution in [0.1, 0.15) is 19.4 Å². The van der Waals surface area contributed by atoms with Gasteiger partial charge in [-0.05, 0) is 5.56 Å². The highest BCUT2D eigenvalue weighted by atomic mass is 19.3. The Balaban J connectivity index is 2.01. The lowest BCUT2D eigenvalue weighted by atomic mass is 9.87. The number of rotatable bonds is 2. The minimum Gasteiger partial charge on any atom is -0.298 e. The minimum absolute atomic E-state index is 0.478. The van der Waals surface area contributed by atoms with Crippen molar-refractivity contribution in [3.8, 4) is 0 Å². The summed E-state index contributed by atoms with van der Waals surface area (Å²) in [6, 6.07) is 10.0. The molecule has 1 aliphatic rings. The van der Waals surface area contributed by atoms with Gasteiger partial charge in [-0.2, -0.15) is 0 Å². The predicted molar refractivity (Wildman–Crippen MR) is 65.0 cm³/mol. The molecule has 2 unspecified atom stereocenters. The molecule has 1 aromatic rings. The van der Waals surface area contributed by atoms with Crippen LogP contribution in [0.5, 0.6) is 0 Å². The fourth-order valence-corrected chi connectivity index (χ4v) is 2.55. The zero-order valence-electron chi connectivity index (χ0n) is 10.4. The van der Waals surface area contributed by atoms with Gasteiger partial charge in [0.25, 0.3) is 5.92 Å². The maximum Gasteiger partial charge on any atom is 0.255 e. The van der Waals surface area contributed by atoms with Gasteiger partial charge in [0.1, 0.15) is 0 Å². The molecule has 17 heavy (non-hydrogen) atoms. The third-order valence-corrected chi connectivity index (χ3v) is 3.63. The fourth-order valence-electron chi connectivity index (χ4n) is 2.55. The highest BCUT2D eigenvalue weighted by Gasteiger charge is 2.46. The van der Waals surface area contributed by atoms with E-state index in [0.717, 1.165) is 6.54 Å². The highest BCUT2D eigenvalue weighted by molar-refractivity contribution is 5.14. The van der Waals surface area contributed by atoms with Gasteiger partial charge in [-0.1, -0.05) is 44.2 Å². The van der Waals surface area contributed by atoms with E-state index in [0.29, 0.717) is 13.1 Å². The van der Waals surface area contributed by atoms with E-state index >= 15 is 0 Å². The molecule has 0 saturated carbocycles. The molecule has 1 aliphatic heterocycles. The summed E-state index contributed by atoms with van der Waals surface area (Å²) in [5, 5.41) is 0. The standard InChI is InChI=1S/C14H19F2N/c1-11-8-17(9-12(2)14(11,15)16)10-13-6-4-3-5-7-13/h3-7,11-12H,8-10H2,1-2H3. The number of nitrogens with zero attached hydrogens (tertiary/aromatic N) is 1. The number of benzene rings is 1. The molecular weight excluding hydrogens is 220 g/mol. The fraction of sp³-hybridized carbons (Fsp3) is 0.571. The summed E-state index contributed by atoms with van der Waals surface area (Å²) in [4.78, 5) is 2.13. The molecule has 0 aliphatic carbocycles. The van der Waals surface area contributed by atoms with Gasteiger partial charge in [-0.15, -0.1) is 0 Å². The van der Waals surface area contributed by atoms with Gasteiger partial charge < -0.3 is 0 Å². The normalized spacial score (nSPS) is 29.2. The Morgan fingerprint density at radius 2 is 1.65 bits per heavy atom. The summed E-state index contributed by atoms with van der Waals surface area (Å²) >= 11 is 0. The van der Waals surface area contributed by atoms with Crippen LogP contribution >= 0.6 is 0 Å². The third kappa shape index (κ3) is 2.65. The lowest BCUT2D eigenvalue weighted by Gasteiger charge is -2.41. The Morgan fingerprint density at radius 3 is 2.18 bits per heavy atom. The number of likely N-dealkylation sites (tertiary alicyclic amines) is 1. The van der Waals surface area contributed by atoms with E-state index in [1.54, 1.807) is 13.8 Å². The van der Waals surface area contributed by atoms with Gasteiger partial charge >= 0.3 is 0 Å². The summed E-state index contributed by atoms with van der Waals surface area (Å²) in [5.41, 5.74) is 1.19. The van der Waals surface area contributed by atoms with Crippen molar-refractivity contribution in [2.45, 2.75) is 26.3 Å². The molecule has 1 fully saturated rings. The molecule has 1 nitrogen and oxygen atoms in total. The van der Waals surface area contributed by atoms with E-state index in [1.807, 2.05) is 30.3 Å². The van der Waals surface area contributed by atoms with E-state index in [1.165, 1.54) is 5.56 Å². The molecule has 2 atom stereocenters. The Bertz CT molecular complexity index is 350. The second-order valence-electron chi connectivity index (χ2n) is 5.16. The molecular formula is C14H19F2N. The maximum atomic E-state index is 13.7. The van der Waals surface area contributed by atoms with E-state index in [-0.39, 0.29) is 0 Å². The molecule has 94 valence electrons. The predicted octanol–water partition coefficient (Wildman–Crippen LogP) is 3.41. The molecule has 0 spiro atoms. The lowest BCUT2D eigenvalue weighted by Crippen LogP contribution is -2.51. The van der Waals surface area contributed by atoms with E-state index in [2.05, 4.69) is 4.90 Å². The summed E-state index contributed by atoms with van der Waals surface area (Å²) in [6.07, 6.45) is 0. The van der Waals surface area contributed by atoms with Crippen molar-refractivity contribution in [3.05, 3.63) is 35.9 Å². The van der Waals surface area contributed by atoms with Crippen LogP contribution in [-0.2, 0) is 6.54 Å². The molecule has 3 heteroatoms. The van der Waals surface area contributed by atoms with Crippen LogP contribution in [0.15, 0.2) is 30.3 Å². The third-order valence-electron chi connectivity index (χ3n) is 3.63. The molecule has 2 rings (SSSR count). The highest BCUT2D eigenvalue weighted by Crippen LogP contribution is 2.37. The second-order valence-corrected chi connectivity index (χ2v) is 5.16. The molecule has 0 N–H and O–H groups in total. The number of alkyl halides is 2. The molecule has 1 saturated heterocycles. The topological polar surface area (TPSA) is 3.24 Å². The van der Waals surface area contributed by atoms with Crippen LogP contribution in [0, 0.1) is 11.8 Å². The number of halogens is 2. The molecule has 0 radical (unpaired) electrons. The molecule has 0 bridgehead atoms. The van der Waals surface area contributed by atoms with E-state index in [9.17, 15) is 8.78 Å².